The lowest BCUT2D eigenvalue weighted by atomic mass is 10.1. The number of carboxylic acids is 1. The van der Waals surface area contributed by atoms with Crippen LogP contribution in [0.5, 0.6) is 0 Å². The summed E-state index contributed by atoms with van der Waals surface area (Å²) in [7, 11) is 0. The van der Waals surface area contributed by atoms with Gasteiger partial charge in [0.15, 0.2) is 0 Å². The zero-order valence-electron chi connectivity index (χ0n) is 10.4. The number of hydrogen-bond acceptors (Lipinski definition) is 2. The molecule has 0 saturated carbocycles. The first-order valence-corrected chi connectivity index (χ1v) is 5.91. The Morgan fingerprint density at radius 1 is 1.30 bits per heavy atom. The van der Waals surface area contributed by atoms with Crippen molar-refractivity contribution in [3.05, 3.63) is 36.0 Å². The van der Waals surface area contributed by atoms with Crippen LogP contribution in [0.3, 0.4) is 0 Å². The molecule has 20 heavy (non-hydrogen) atoms. The lowest BCUT2D eigenvalue weighted by molar-refractivity contribution is -0.154. The van der Waals surface area contributed by atoms with Crippen molar-refractivity contribution in [1.82, 2.24) is 9.88 Å². The highest BCUT2D eigenvalue weighted by molar-refractivity contribution is 5.82. The van der Waals surface area contributed by atoms with Crippen molar-refractivity contribution in [2.45, 2.75) is 12.7 Å². The summed E-state index contributed by atoms with van der Waals surface area (Å²) in [4.78, 5) is 14.5. The number of benzene rings is 1. The Hall–Kier alpha value is -2.02. The molecule has 2 rings (SSSR count). The van der Waals surface area contributed by atoms with Crippen LogP contribution in [0.1, 0.15) is 5.56 Å². The molecule has 4 nitrogen and oxygen atoms in total. The predicted octanol–water partition coefficient (Wildman–Crippen LogP) is 2.62. The van der Waals surface area contributed by atoms with Gasteiger partial charge in [0.25, 0.3) is 0 Å². The molecule has 0 bridgehead atoms. The fraction of sp³-hybridized carbons (Fsp3) is 0.308. The van der Waals surface area contributed by atoms with Crippen molar-refractivity contribution in [2.75, 3.05) is 13.1 Å². The highest BCUT2D eigenvalue weighted by Gasteiger charge is 2.31. The lowest BCUT2D eigenvalue weighted by Crippen LogP contribution is -2.37. The molecule has 0 spiro atoms. The van der Waals surface area contributed by atoms with Crippen molar-refractivity contribution in [3.63, 3.8) is 0 Å². The third-order valence-electron chi connectivity index (χ3n) is 2.84. The number of fused-ring (bicyclic) bond motifs is 1. The SMILES string of the molecule is O=C(O)CN(Cc1cccc2[nH]ccc12)CC(F)(F)F. The van der Waals surface area contributed by atoms with Crippen LogP contribution in [0.25, 0.3) is 10.9 Å². The predicted molar refractivity (Wildman–Crippen MR) is 67.3 cm³/mol. The minimum absolute atomic E-state index is 0.0684. The number of aliphatic carboxylic acids is 1. The van der Waals surface area contributed by atoms with E-state index in [1.807, 2.05) is 6.07 Å². The molecule has 0 aliphatic heterocycles. The number of hydrogen-bond donors (Lipinski definition) is 2. The number of aromatic nitrogens is 1. The normalized spacial score (nSPS) is 12.2. The Morgan fingerprint density at radius 3 is 2.70 bits per heavy atom. The Bertz CT molecular complexity index is 607. The van der Waals surface area contributed by atoms with E-state index in [1.165, 1.54) is 0 Å². The summed E-state index contributed by atoms with van der Waals surface area (Å²) < 4.78 is 37.4. The topological polar surface area (TPSA) is 56.3 Å². The van der Waals surface area contributed by atoms with Crippen LogP contribution >= 0.6 is 0 Å². The van der Waals surface area contributed by atoms with Gasteiger partial charge in [-0.3, -0.25) is 9.69 Å². The summed E-state index contributed by atoms with van der Waals surface area (Å²) in [5.74, 6) is -1.28. The van der Waals surface area contributed by atoms with Gasteiger partial charge >= 0.3 is 12.1 Å². The standard InChI is InChI=1S/C13H13F3N2O2/c14-13(15,16)8-18(7-12(19)20)6-9-2-1-3-11-10(9)4-5-17-11/h1-5,17H,6-8H2,(H,19,20). The molecule has 7 heteroatoms. The minimum atomic E-state index is -4.43. The van der Waals surface area contributed by atoms with Gasteiger partial charge in [0.1, 0.15) is 0 Å². The smallest absolute Gasteiger partial charge is 0.401 e. The van der Waals surface area contributed by atoms with Gasteiger partial charge < -0.3 is 10.1 Å². The van der Waals surface area contributed by atoms with Crippen molar-refractivity contribution < 1.29 is 23.1 Å². The van der Waals surface area contributed by atoms with Crippen LogP contribution in [-0.4, -0.2) is 40.2 Å². The molecule has 0 amide bonds. The van der Waals surface area contributed by atoms with Crippen molar-refractivity contribution >= 4 is 16.9 Å². The average Bonchev–Trinajstić information content (AvgIpc) is 2.74. The van der Waals surface area contributed by atoms with Crippen molar-refractivity contribution in [2.24, 2.45) is 0 Å². The van der Waals surface area contributed by atoms with E-state index in [4.69, 9.17) is 5.11 Å². The van der Waals surface area contributed by atoms with Gasteiger partial charge in [-0.2, -0.15) is 13.2 Å². The van der Waals surface area contributed by atoms with E-state index in [0.29, 0.717) is 5.56 Å². The van der Waals surface area contributed by atoms with Gasteiger partial charge in [-0.05, 0) is 17.7 Å². The van der Waals surface area contributed by atoms with Gasteiger partial charge in [-0.1, -0.05) is 12.1 Å². The lowest BCUT2D eigenvalue weighted by Gasteiger charge is -2.22. The molecule has 0 saturated heterocycles. The molecule has 2 N–H and O–H groups in total. The van der Waals surface area contributed by atoms with Crippen molar-refractivity contribution in [1.29, 1.82) is 0 Å². The van der Waals surface area contributed by atoms with E-state index >= 15 is 0 Å². The monoisotopic (exact) mass is 286 g/mol. The number of alkyl halides is 3. The van der Waals surface area contributed by atoms with Crippen molar-refractivity contribution in [3.8, 4) is 0 Å². The summed E-state index contributed by atoms with van der Waals surface area (Å²) in [6.45, 7) is -1.97. The van der Waals surface area contributed by atoms with Gasteiger partial charge in [0, 0.05) is 23.6 Å². The molecule has 0 radical (unpaired) electrons. The Labute approximate surface area is 112 Å². The number of nitrogens with one attached hydrogen (secondary N) is 1. The zero-order valence-corrected chi connectivity index (χ0v) is 10.4. The minimum Gasteiger partial charge on any atom is -0.480 e. The van der Waals surface area contributed by atoms with E-state index < -0.39 is 25.2 Å². The molecule has 1 aromatic heterocycles. The fourth-order valence-corrected chi connectivity index (χ4v) is 2.14. The molecule has 0 aliphatic rings. The van der Waals surface area contributed by atoms with Crippen LogP contribution in [0.15, 0.2) is 30.5 Å². The maximum absolute atomic E-state index is 12.5. The number of aromatic amines is 1. The first-order chi connectivity index (χ1) is 9.35. The van der Waals surface area contributed by atoms with E-state index in [0.717, 1.165) is 15.8 Å². The molecular weight excluding hydrogens is 273 g/mol. The third-order valence-corrected chi connectivity index (χ3v) is 2.84. The summed E-state index contributed by atoms with van der Waals surface area (Å²) in [6.07, 6.45) is -2.74. The first-order valence-electron chi connectivity index (χ1n) is 5.91. The largest absolute Gasteiger partial charge is 0.480 e. The van der Waals surface area contributed by atoms with Gasteiger partial charge in [-0.25, -0.2) is 0 Å². The highest BCUT2D eigenvalue weighted by atomic mass is 19.4. The zero-order chi connectivity index (χ0) is 14.8. The Kier molecular flexibility index (Phi) is 3.99. The third kappa shape index (κ3) is 3.74. The van der Waals surface area contributed by atoms with Gasteiger partial charge in [0.05, 0.1) is 13.1 Å². The molecule has 1 heterocycles. The number of halogens is 3. The van der Waals surface area contributed by atoms with E-state index in [1.54, 1.807) is 24.4 Å². The first kappa shape index (κ1) is 14.4. The average molecular weight is 286 g/mol. The summed E-state index contributed by atoms with van der Waals surface area (Å²) in [5.41, 5.74) is 1.47. The van der Waals surface area contributed by atoms with E-state index in [-0.39, 0.29) is 6.54 Å². The second-order valence-corrected chi connectivity index (χ2v) is 4.51. The Morgan fingerprint density at radius 2 is 2.05 bits per heavy atom. The summed E-state index contributed by atoms with van der Waals surface area (Å²) in [5, 5.41) is 9.51. The van der Waals surface area contributed by atoms with Crippen LogP contribution in [0.4, 0.5) is 13.2 Å². The Balaban J connectivity index is 2.22. The number of carbonyl (C=O) groups is 1. The molecular formula is C13H13F3N2O2. The molecule has 0 aliphatic carbocycles. The maximum Gasteiger partial charge on any atom is 0.401 e. The van der Waals surface area contributed by atoms with Crippen LogP contribution in [0.2, 0.25) is 0 Å². The fourth-order valence-electron chi connectivity index (χ4n) is 2.14. The molecule has 1 aromatic carbocycles. The van der Waals surface area contributed by atoms with Crippen LogP contribution in [-0.2, 0) is 11.3 Å². The molecule has 0 atom stereocenters. The summed E-state index contributed by atoms with van der Waals surface area (Å²) >= 11 is 0. The number of nitrogens with zero attached hydrogens (tertiary/aromatic N) is 1. The second kappa shape index (κ2) is 5.54. The molecule has 108 valence electrons. The summed E-state index contributed by atoms with van der Waals surface area (Å²) in [6, 6.07) is 6.99. The van der Waals surface area contributed by atoms with Gasteiger partial charge in [-0.15, -0.1) is 0 Å². The van der Waals surface area contributed by atoms with Gasteiger partial charge in [0.2, 0.25) is 0 Å². The molecule has 0 fully saturated rings. The highest BCUT2D eigenvalue weighted by Crippen LogP contribution is 2.22. The molecule has 2 aromatic rings. The number of rotatable bonds is 5. The van der Waals surface area contributed by atoms with Crippen LogP contribution in [0, 0.1) is 0 Å². The molecule has 0 unspecified atom stereocenters. The second-order valence-electron chi connectivity index (χ2n) is 4.51. The van der Waals surface area contributed by atoms with E-state index in [2.05, 4.69) is 4.98 Å². The van der Waals surface area contributed by atoms with Crippen LogP contribution < -0.4 is 0 Å². The quantitative estimate of drug-likeness (QED) is 0.888. The number of H-pyrrole nitrogens is 1. The van der Waals surface area contributed by atoms with E-state index in [9.17, 15) is 18.0 Å². The number of carboxylic acid groups (broad SMARTS) is 1. The maximum atomic E-state index is 12.5.